The lowest BCUT2D eigenvalue weighted by Gasteiger charge is -2.43. The Hall–Kier alpha value is -6.70. The fourth-order valence-corrected chi connectivity index (χ4v) is 12.6. The van der Waals surface area contributed by atoms with Gasteiger partial charge in [0.1, 0.15) is 0 Å². The van der Waals surface area contributed by atoms with Crippen molar-refractivity contribution in [3.05, 3.63) is 221 Å². The molecule has 1 saturated carbocycles. The topological polar surface area (TPSA) is 3.24 Å². The number of benzene rings is 9. The second-order valence-corrected chi connectivity index (χ2v) is 18.6. The molecule has 292 valence electrons. The van der Waals surface area contributed by atoms with E-state index < -0.39 is 5.41 Å². The van der Waals surface area contributed by atoms with Crippen molar-refractivity contribution in [3.8, 4) is 33.4 Å². The number of hydrogen-bond donors (Lipinski definition) is 0. The third-order valence-corrected chi connectivity index (χ3v) is 15.2. The van der Waals surface area contributed by atoms with Crippen molar-refractivity contribution in [3.63, 3.8) is 0 Å². The van der Waals surface area contributed by atoms with Gasteiger partial charge in [-0.15, -0.1) is 0 Å². The summed E-state index contributed by atoms with van der Waals surface area (Å²) in [5.41, 5.74) is 21.1. The molecule has 0 N–H and O–H groups in total. The van der Waals surface area contributed by atoms with Crippen LogP contribution in [0.4, 0.5) is 17.1 Å². The van der Waals surface area contributed by atoms with E-state index >= 15 is 0 Å². The van der Waals surface area contributed by atoms with Gasteiger partial charge in [-0.25, -0.2) is 0 Å². The average molecular weight is 782 g/mol. The van der Waals surface area contributed by atoms with Crippen molar-refractivity contribution in [2.75, 3.05) is 4.90 Å². The van der Waals surface area contributed by atoms with Crippen LogP contribution in [0.1, 0.15) is 90.8 Å². The van der Waals surface area contributed by atoms with Gasteiger partial charge in [0.25, 0.3) is 0 Å². The molecule has 0 radical (unpaired) electrons. The first-order valence-corrected chi connectivity index (χ1v) is 22.5. The minimum absolute atomic E-state index is 0.0673. The zero-order valence-corrected chi connectivity index (χ0v) is 34.9. The van der Waals surface area contributed by atoms with Crippen LogP contribution in [0.15, 0.2) is 182 Å². The molecule has 9 aromatic rings. The summed E-state index contributed by atoms with van der Waals surface area (Å²) in [6, 6.07) is 70.1. The first-order chi connectivity index (χ1) is 30.0. The molecule has 1 heteroatoms. The number of hydrogen-bond acceptors (Lipinski definition) is 1. The highest BCUT2D eigenvalue weighted by molar-refractivity contribution is 6.08. The van der Waals surface area contributed by atoms with Crippen LogP contribution >= 0.6 is 0 Å². The Morgan fingerprint density at radius 2 is 1.00 bits per heavy atom. The van der Waals surface area contributed by atoms with Gasteiger partial charge in [0.2, 0.25) is 0 Å². The van der Waals surface area contributed by atoms with Gasteiger partial charge >= 0.3 is 0 Å². The molecule has 4 aliphatic rings. The Balaban J connectivity index is 1.14. The third-order valence-electron chi connectivity index (χ3n) is 15.2. The summed E-state index contributed by atoms with van der Waals surface area (Å²) in [5.74, 6) is 0.536. The summed E-state index contributed by atoms with van der Waals surface area (Å²) >= 11 is 0. The van der Waals surface area contributed by atoms with Crippen molar-refractivity contribution in [2.45, 2.75) is 62.7 Å². The zero-order chi connectivity index (χ0) is 40.5. The zero-order valence-electron chi connectivity index (χ0n) is 34.9. The Morgan fingerprint density at radius 3 is 1.80 bits per heavy atom. The minimum atomic E-state index is -0.496. The normalized spacial score (nSPS) is 17.8. The molecular formula is C60H47N. The van der Waals surface area contributed by atoms with Crippen LogP contribution in [0.25, 0.3) is 54.9 Å². The number of nitrogens with zero attached hydrogens (tertiary/aromatic N) is 1. The van der Waals surface area contributed by atoms with Crippen LogP contribution < -0.4 is 4.90 Å². The van der Waals surface area contributed by atoms with Crippen molar-refractivity contribution < 1.29 is 0 Å². The molecule has 0 aliphatic heterocycles. The summed E-state index contributed by atoms with van der Waals surface area (Å²) in [4.78, 5) is 2.55. The van der Waals surface area contributed by atoms with E-state index in [1.807, 2.05) is 0 Å². The van der Waals surface area contributed by atoms with Gasteiger partial charge in [-0.3, -0.25) is 0 Å². The number of rotatable bonds is 4. The summed E-state index contributed by atoms with van der Waals surface area (Å²) in [5, 5.41) is 5.25. The second-order valence-electron chi connectivity index (χ2n) is 18.6. The molecule has 1 spiro atoms. The lowest BCUT2D eigenvalue weighted by molar-refractivity contribution is 0.440. The molecule has 1 atom stereocenters. The Labute approximate surface area is 359 Å². The fourth-order valence-electron chi connectivity index (χ4n) is 12.6. The first kappa shape index (κ1) is 35.1. The highest BCUT2D eigenvalue weighted by atomic mass is 15.1. The quantitative estimate of drug-likeness (QED) is 0.172. The SMILES string of the molecule is CC1(C)c2ccccc2-c2cc(N(c3ccc4c(c3)C3(c5ccccc5-4)c4ccccc4-c4cccc5ccc(C6CCCCC6)c3c45)c3cccc4ccccc34)ccc21. The van der Waals surface area contributed by atoms with Crippen LogP contribution in [0.5, 0.6) is 0 Å². The van der Waals surface area contributed by atoms with E-state index in [2.05, 4.69) is 201 Å². The molecule has 1 unspecified atom stereocenters. The van der Waals surface area contributed by atoms with Crippen LogP contribution in [0, 0.1) is 0 Å². The molecule has 0 amide bonds. The number of fused-ring (bicyclic) bond motifs is 13. The predicted molar refractivity (Wildman–Crippen MR) is 256 cm³/mol. The van der Waals surface area contributed by atoms with Crippen molar-refractivity contribution in [2.24, 2.45) is 0 Å². The first-order valence-electron chi connectivity index (χ1n) is 22.5. The molecule has 1 fully saturated rings. The lowest BCUT2D eigenvalue weighted by atomic mass is 9.59. The summed E-state index contributed by atoms with van der Waals surface area (Å²) in [6.07, 6.45) is 6.43. The highest BCUT2D eigenvalue weighted by Gasteiger charge is 2.52. The molecule has 0 bridgehead atoms. The maximum absolute atomic E-state index is 2.59. The molecule has 61 heavy (non-hydrogen) atoms. The van der Waals surface area contributed by atoms with Gasteiger partial charge in [0.05, 0.1) is 11.1 Å². The van der Waals surface area contributed by atoms with E-state index in [0.29, 0.717) is 5.92 Å². The Bertz CT molecular complexity index is 3280. The molecule has 1 nitrogen and oxygen atoms in total. The van der Waals surface area contributed by atoms with E-state index in [0.717, 1.165) is 0 Å². The molecule has 13 rings (SSSR count). The molecule has 4 aliphatic carbocycles. The van der Waals surface area contributed by atoms with E-state index in [9.17, 15) is 0 Å². The maximum Gasteiger partial charge on any atom is 0.0729 e. The monoisotopic (exact) mass is 781 g/mol. The van der Waals surface area contributed by atoms with Crippen LogP contribution in [-0.2, 0) is 10.8 Å². The van der Waals surface area contributed by atoms with Gasteiger partial charge in [-0.1, -0.05) is 185 Å². The maximum atomic E-state index is 2.59. The van der Waals surface area contributed by atoms with E-state index in [1.54, 1.807) is 5.56 Å². The van der Waals surface area contributed by atoms with E-state index in [-0.39, 0.29) is 5.41 Å². The van der Waals surface area contributed by atoms with E-state index in [1.165, 1.54) is 137 Å². The van der Waals surface area contributed by atoms with Gasteiger partial charge in [-0.2, -0.15) is 0 Å². The Kier molecular flexibility index (Phi) is 7.42. The van der Waals surface area contributed by atoms with Crippen molar-refractivity contribution in [1.29, 1.82) is 0 Å². The highest BCUT2D eigenvalue weighted by Crippen LogP contribution is 2.64. The minimum Gasteiger partial charge on any atom is -0.310 e. The third kappa shape index (κ3) is 4.72. The van der Waals surface area contributed by atoms with Gasteiger partial charge in [0.15, 0.2) is 0 Å². The molecule has 0 heterocycles. The van der Waals surface area contributed by atoms with Gasteiger partial charge < -0.3 is 4.90 Å². The van der Waals surface area contributed by atoms with Crippen LogP contribution in [0.3, 0.4) is 0 Å². The summed E-state index contributed by atoms with van der Waals surface area (Å²) in [7, 11) is 0. The average Bonchev–Trinajstić information content (AvgIpc) is 3.73. The molecule has 0 saturated heterocycles. The number of anilines is 3. The molecule has 9 aromatic carbocycles. The molecular weight excluding hydrogens is 735 g/mol. The lowest BCUT2D eigenvalue weighted by Crippen LogP contribution is -2.34. The van der Waals surface area contributed by atoms with Gasteiger partial charge in [-0.05, 0) is 138 Å². The molecule has 0 aromatic heterocycles. The van der Waals surface area contributed by atoms with Crippen LogP contribution in [0.2, 0.25) is 0 Å². The smallest absolute Gasteiger partial charge is 0.0729 e. The van der Waals surface area contributed by atoms with Crippen molar-refractivity contribution >= 4 is 38.6 Å². The standard InChI is InChI=1S/C60H47N/c1-59(2)51-26-11-8-24-47(51)50-36-41(32-35-52(50)59)61(56-29-15-19-38-18-6-7-21-43(38)56)42-31-34-48-45-22-9-12-27-53(45)60(55(48)37-42)54-28-13-10-23-46(54)49-25-14-20-40-30-33-44(58(60)57(40)49)39-16-4-3-5-17-39/h6-15,18-37,39H,3-5,16-17H2,1-2H3. The van der Waals surface area contributed by atoms with E-state index in [4.69, 9.17) is 0 Å². The Morgan fingerprint density at radius 1 is 0.426 bits per heavy atom. The summed E-state index contributed by atoms with van der Waals surface area (Å²) < 4.78 is 0. The van der Waals surface area contributed by atoms with Crippen LogP contribution in [-0.4, -0.2) is 0 Å². The predicted octanol–water partition coefficient (Wildman–Crippen LogP) is 16.2. The summed E-state index contributed by atoms with van der Waals surface area (Å²) in [6.45, 7) is 4.75. The largest absolute Gasteiger partial charge is 0.310 e. The van der Waals surface area contributed by atoms with Crippen molar-refractivity contribution in [1.82, 2.24) is 0 Å². The second kappa shape index (κ2) is 12.9. The fraction of sp³-hybridized carbons (Fsp3) is 0.167. The van der Waals surface area contributed by atoms with Gasteiger partial charge in [0, 0.05) is 22.2 Å².